The Morgan fingerprint density at radius 3 is 2.55 bits per heavy atom. The Morgan fingerprint density at radius 2 is 1.97 bits per heavy atom. The number of hydrogen-bond donors (Lipinski definition) is 2. The van der Waals surface area contributed by atoms with Crippen LogP contribution in [0.1, 0.15) is 58.4 Å². The molecule has 0 radical (unpaired) electrons. The van der Waals surface area contributed by atoms with Gasteiger partial charge in [-0.2, -0.15) is 0 Å². The molecule has 1 aliphatic carbocycles. The average molecular weight is 464 g/mol. The fourth-order valence-corrected chi connectivity index (χ4v) is 4.65. The molecule has 6 nitrogen and oxygen atoms in total. The Balaban J connectivity index is 1.63. The molecule has 1 heterocycles. The highest BCUT2D eigenvalue weighted by molar-refractivity contribution is 9.10. The predicted molar refractivity (Wildman–Crippen MR) is 117 cm³/mol. The number of aryl methyl sites for hydroxylation is 1. The smallest absolute Gasteiger partial charge is 0.325 e. The lowest BCUT2D eigenvalue weighted by Crippen LogP contribution is -2.51. The van der Waals surface area contributed by atoms with Gasteiger partial charge in [0.2, 0.25) is 5.91 Å². The fraction of sp³-hybridized carbons (Fsp3) is 0.591. The minimum absolute atomic E-state index is 0.232. The summed E-state index contributed by atoms with van der Waals surface area (Å²) in [6, 6.07) is 5.00. The number of carbonyl (C=O) groups is 3. The quantitative estimate of drug-likeness (QED) is 0.625. The van der Waals surface area contributed by atoms with Crippen LogP contribution in [0.3, 0.4) is 0 Å². The standard InChI is InChI=1S/C22H30BrN3O3/c1-5-21(3,4)15-8-10-22(11-9-15)19(28)26(20(29)25-22)13-18(27)24-16-6-7-17(23)14(2)12-16/h6-7,12,15H,5,8-11,13H2,1-4H3,(H,24,27)(H,25,29). The van der Waals surface area contributed by atoms with Crippen molar-refractivity contribution in [2.45, 2.75) is 65.3 Å². The van der Waals surface area contributed by atoms with E-state index in [9.17, 15) is 14.4 Å². The van der Waals surface area contributed by atoms with Crippen LogP contribution >= 0.6 is 15.9 Å². The van der Waals surface area contributed by atoms with Gasteiger partial charge in [-0.15, -0.1) is 0 Å². The van der Waals surface area contributed by atoms with Gasteiger partial charge >= 0.3 is 6.03 Å². The lowest BCUT2D eigenvalue weighted by Gasteiger charge is -2.42. The lowest BCUT2D eigenvalue weighted by molar-refractivity contribution is -0.135. The van der Waals surface area contributed by atoms with Gasteiger partial charge in [-0.05, 0) is 67.7 Å². The van der Waals surface area contributed by atoms with E-state index in [1.54, 1.807) is 6.07 Å². The highest BCUT2D eigenvalue weighted by Gasteiger charge is 2.53. The Labute approximate surface area is 180 Å². The minimum atomic E-state index is -0.841. The van der Waals surface area contributed by atoms with E-state index >= 15 is 0 Å². The first-order chi connectivity index (χ1) is 13.6. The normalized spacial score (nSPS) is 24.7. The topological polar surface area (TPSA) is 78.5 Å². The molecule has 0 bridgehead atoms. The SMILES string of the molecule is CCC(C)(C)C1CCC2(CC1)NC(=O)N(CC(=O)Nc1ccc(Br)c(C)c1)C2=O. The molecule has 1 saturated carbocycles. The molecule has 7 heteroatoms. The van der Waals surface area contributed by atoms with E-state index < -0.39 is 11.6 Å². The Kier molecular flexibility index (Phi) is 6.08. The molecule has 2 fully saturated rings. The summed E-state index contributed by atoms with van der Waals surface area (Å²) in [5.74, 6) is -0.105. The third-order valence-corrected chi connectivity index (χ3v) is 7.73. The summed E-state index contributed by atoms with van der Waals surface area (Å²) < 4.78 is 0.952. The number of rotatable bonds is 5. The number of hydrogen-bond acceptors (Lipinski definition) is 3. The van der Waals surface area contributed by atoms with Crippen LogP contribution in [0.25, 0.3) is 0 Å². The molecule has 29 heavy (non-hydrogen) atoms. The number of benzene rings is 1. The van der Waals surface area contributed by atoms with Crippen molar-refractivity contribution in [1.29, 1.82) is 0 Å². The number of anilines is 1. The summed E-state index contributed by atoms with van der Waals surface area (Å²) in [7, 11) is 0. The number of amides is 4. The van der Waals surface area contributed by atoms with E-state index in [2.05, 4.69) is 47.3 Å². The van der Waals surface area contributed by atoms with E-state index in [1.165, 1.54) is 0 Å². The van der Waals surface area contributed by atoms with E-state index in [4.69, 9.17) is 0 Å². The fourth-order valence-electron chi connectivity index (χ4n) is 4.41. The average Bonchev–Trinajstić information content (AvgIpc) is 2.89. The molecular formula is C22H30BrN3O3. The third-order valence-electron chi connectivity index (χ3n) is 6.84. The summed E-state index contributed by atoms with van der Waals surface area (Å²) in [6.07, 6.45) is 4.17. The van der Waals surface area contributed by atoms with Crippen LogP contribution in [0.15, 0.2) is 22.7 Å². The maximum absolute atomic E-state index is 13.1. The minimum Gasteiger partial charge on any atom is -0.325 e. The molecule has 0 unspecified atom stereocenters. The number of imide groups is 1. The van der Waals surface area contributed by atoms with Gasteiger partial charge in [0.15, 0.2) is 0 Å². The van der Waals surface area contributed by atoms with Gasteiger partial charge < -0.3 is 10.6 Å². The van der Waals surface area contributed by atoms with E-state index in [-0.39, 0.29) is 23.8 Å². The second kappa shape index (κ2) is 8.09. The molecule has 2 aliphatic rings. The van der Waals surface area contributed by atoms with Crippen LogP contribution in [-0.2, 0) is 9.59 Å². The molecule has 1 spiro atoms. The summed E-state index contributed by atoms with van der Waals surface area (Å²) in [5, 5.41) is 5.67. The van der Waals surface area contributed by atoms with Crippen molar-refractivity contribution in [1.82, 2.24) is 10.2 Å². The monoisotopic (exact) mass is 463 g/mol. The van der Waals surface area contributed by atoms with Crippen LogP contribution in [-0.4, -0.2) is 34.8 Å². The number of carbonyl (C=O) groups excluding carboxylic acids is 3. The first-order valence-corrected chi connectivity index (χ1v) is 11.1. The predicted octanol–water partition coefficient (Wildman–Crippen LogP) is 4.61. The second-order valence-corrected chi connectivity index (χ2v) is 9.89. The van der Waals surface area contributed by atoms with Gasteiger partial charge in [0.25, 0.3) is 5.91 Å². The van der Waals surface area contributed by atoms with Gasteiger partial charge in [0.05, 0.1) is 0 Å². The third kappa shape index (κ3) is 4.34. The number of nitrogens with one attached hydrogen (secondary N) is 2. The van der Waals surface area contributed by atoms with Gasteiger partial charge in [-0.25, -0.2) is 4.79 Å². The van der Waals surface area contributed by atoms with Crippen molar-refractivity contribution >= 4 is 39.5 Å². The van der Waals surface area contributed by atoms with Gasteiger partial charge in [-0.1, -0.05) is 43.1 Å². The number of urea groups is 1. The van der Waals surface area contributed by atoms with Crippen LogP contribution in [0, 0.1) is 18.3 Å². The Hall–Kier alpha value is -1.89. The van der Waals surface area contributed by atoms with Gasteiger partial charge in [0.1, 0.15) is 12.1 Å². The van der Waals surface area contributed by atoms with Gasteiger partial charge in [-0.3, -0.25) is 14.5 Å². The van der Waals surface area contributed by atoms with Crippen molar-refractivity contribution in [3.8, 4) is 0 Å². The maximum Gasteiger partial charge on any atom is 0.325 e. The molecular weight excluding hydrogens is 434 g/mol. The Bertz CT molecular complexity index is 829. The summed E-state index contributed by atoms with van der Waals surface area (Å²) >= 11 is 3.43. The molecule has 0 atom stereocenters. The molecule has 0 aromatic heterocycles. The van der Waals surface area contributed by atoms with Gasteiger partial charge in [0, 0.05) is 10.2 Å². The van der Waals surface area contributed by atoms with Crippen molar-refractivity contribution in [3.63, 3.8) is 0 Å². The summed E-state index contributed by atoms with van der Waals surface area (Å²) in [4.78, 5) is 39.1. The van der Waals surface area contributed by atoms with E-state index in [1.807, 2.05) is 19.1 Å². The van der Waals surface area contributed by atoms with Crippen molar-refractivity contribution in [2.75, 3.05) is 11.9 Å². The maximum atomic E-state index is 13.1. The van der Waals surface area contributed by atoms with Crippen LogP contribution in [0.4, 0.5) is 10.5 Å². The van der Waals surface area contributed by atoms with Crippen molar-refractivity contribution in [3.05, 3.63) is 28.2 Å². The summed E-state index contributed by atoms with van der Waals surface area (Å²) in [5.41, 5.74) is 1.02. The zero-order valence-corrected chi connectivity index (χ0v) is 19.2. The zero-order chi connectivity index (χ0) is 21.4. The van der Waals surface area contributed by atoms with E-state index in [0.717, 1.165) is 34.2 Å². The molecule has 1 aromatic rings. The molecule has 4 amide bonds. The lowest BCUT2D eigenvalue weighted by atomic mass is 9.65. The second-order valence-electron chi connectivity index (χ2n) is 9.03. The van der Waals surface area contributed by atoms with E-state index in [0.29, 0.717) is 24.4 Å². The summed E-state index contributed by atoms with van der Waals surface area (Å²) in [6.45, 7) is 8.39. The van der Waals surface area contributed by atoms with Crippen molar-refractivity contribution in [2.24, 2.45) is 11.3 Å². The Morgan fingerprint density at radius 1 is 1.31 bits per heavy atom. The molecule has 3 rings (SSSR count). The van der Waals surface area contributed by atoms with Crippen LogP contribution in [0.2, 0.25) is 0 Å². The van der Waals surface area contributed by atoms with Crippen molar-refractivity contribution < 1.29 is 14.4 Å². The van der Waals surface area contributed by atoms with Crippen LogP contribution < -0.4 is 10.6 Å². The first kappa shape index (κ1) is 21.8. The highest BCUT2D eigenvalue weighted by atomic mass is 79.9. The number of nitrogens with zero attached hydrogens (tertiary/aromatic N) is 1. The highest BCUT2D eigenvalue weighted by Crippen LogP contribution is 2.45. The molecule has 2 N–H and O–H groups in total. The number of halogens is 1. The largest absolute Gasteiger partial charge is 0.325 e. The molecule has 1 aromatic carbocycles. The first-order valence-electron chi connectivity index (χ1n) is 10.3. The molecule has 158 valence electrons. The molecule has 1 aliphatic heterocycles. The zero-order valence-electron chi connectivity index (χ0n) is 17.6. The van der Waals surface area contributed by atoms with Crippen LogP contribution in [0.5, 0.6) is 0 Å². The molecule has 1 saturated heterocycles.